The van der Waals surface area contributed by atoms with Gasteiger partial charge in [0.05, 0.1) is 32.3 Å². The second-order valence-electron chi connectivity index (χ2n) is 3.25. The van der Waals surface area contributed by atoms with Gasteiger partial charge < -0.3 is 14.6 Å². The molecule has 0 aromatic rings. The number of carbonyl (C=O) groups is 1. The number of aliphatic hydroxyl groups is 1. The van der Waals surface area contributed by atoms with Gasteiger partial charge in [-0.25, -0.2) is 0 Å². The van der Waals surface area contributed by atoms with Crippen LogP contribution in [-0.2, 0) is 14.3 Å². The molecule has 13 heavy (non-hydrogen) atoms. The average molecular weight is 188 g/mol. The topological polar surface area (TPSA) is 55.8 Å². The van der Waals surface area contributed by atoms with E-state index in [0.29, 0.717) is 6.61 Å². The molecule has 0 amide bonds. The Morgan fingerprint density at radius 1 is 1.54 bits per heavy atom. The quantitative estimate of drug-likeness (QED) is 0.646. The summed E-state index contributed by atoms with van der Waals surface area (Å²) in [6.45, 7) is 0.401. The molecule has 2 atom stereocenters. The summed E-state index contributed by atoms with van der Waals surface area (Å²) >= 11 is 0. The van der Waals surface area contributed by atoms with Crippen LogP contribution in [0.3, 0.4) is 0 Å². The monoisotopic (exact) mass is 188 g/mol. The van der Waals surface area contributed by atoms with E-state index >= 15 is 0 Å². The average Bonchev–Trinajstić information content (AvgIpc) is 2.62. The highest BCUT2D eigenvalue weighted by Gasteiger charge is 2.30. The number of methoxy groups -OCH3 is 1. The molecule has 1 N–H and O–H groups in total. The molecule has 0 bridgehead atoms. The molecule has 1 rings (SSSR count). The molecule has 1 fully saturated rings. The van der Waals surface area contributed by atoms with Crippen molar-refractivity contribution in [1.82, 2.24) is 0 Å². The zero-order valence-electron chi connectivity index (χ0n) is 7.86. The third-order valence-electron chi connectivity index (χ3n) is 2.36. The first-order chi connectivity index (χ1) is 6.27. The molecule has 0 heterocycles. The maximum absolute atomic E-state index is 11.1. The molecule has 4 nitrogen and oxygen atoms in total. The molecule has 0 radical (unpaired) electrons. The first-order valence-corrected chi connectivity index (χ1v) is 4.58. The van der Waals surface area contributed by atoms with Crippen molar-refractivity contribution in [3.8, 4) is 0 Å². The summed E-state index contributed by atoms with van der Waals surface area (Å²) in [5, 5.41) is 8.53. The SMILES string of the molecule is COC(=O)C1CCC(OCCO)C1. The van der Waals surface area contributed by atoms with Crippen molar-refractivity contribution in [2.75, 3.05) is 20.3 Å². The lowest BCUT2D eigenvalue weighted by atomic mass is 10.1. The molecule has 0 spiro atoms. The van der Waals surface area contributed by atoms with Crippen molar-refractivity contribution in [1.29, 1.82) is 0 Å². The number of ether oxygens (including phenoxy) is 2. The highest BCUT2D eigenvalue weighted by molar-refractivity contribution is 5.72. The van der Waals surface area contributed by atoms with Crippen molar-refractivity contribution in [3.63, 3.8) is 0 Å². The van der Waals surface area contributed by atoms with Crippen molar-refractivity contribution in [2.24, 2.45) is 5.92 Å². The van der Waals surface area contributed by atoms with E-state index in [1.54, 1.807) is 0 Å². The lowest BCUT2D eigenvalue weighted by molar-refractivity contribution is -0.145. The summed E-state index contributed by atoms with van der Waals surface area (Å²) in [6.07, 6.45) is 2.58. The maximum atomic E-state index is 11.1. The minimum atomic E-state index is -0.143. The van der Waals surface area contributed by atoms with Crippen LogP contribution < -0.4 is 0 Å². The van der Waals surface area contributed by atoms with Gasteiger partial charge in [0.2, 0.25) is 0 Å². The van der Waals surface area contributed by atoms with Gasteiger partial charge in [-0.1, -0.05) is 0 Å². The number of aliphatic hydroxyl groups excluding tert-OH is 1. The van der Waals surface area contributed by atoms with Crippen LogP contribution >= 0.6 is 0 Å². The lowest BCUT2D eigenvalue weighted by Gasteiger charge is -2.10. The van der Waals surface area contributed by atoms with Crippen LogP contribution in [0, 0.1) is 5.92 Å². The standard InChI is InChI=1S/C9H16O4/c1-12-9(11)7-2-3-8(6-7)13-5-4-10/h7-8,10H,2-6H2,1H3. The fourth-order valence-electron chi connectivity index (χ4n) is 1.69. The normalized spacial score (nSPS) is 27.5. The molecule has 1 aliphatic carbocycles. The Morgan fingerprint density at radius 2 is 2.31 bits per heavy atom. The Hall–Kier alpha value is -0.610. The van der Waals surface area contributed by atoms with E-state index in [1.807, 2.05) is 0 Å². The molecule has 0 saturated heterocycles. The molecule has 1 saturated carbocycles. The van der Waals surface area contributed by atoms with E-state index in [9.17, 15) is 4.79 Å². The molecule has 1 aliphatic rings. The van der Waals surface area contributed by atoms with Gasteiger partial charge >= 0.3 is 5.97 Å². The molecule has 0 aromatic heterocycles. The predicted octanol–water partition coefficient (Wildman–Crippen LogP) is 0.337. The lowest BCUT2D eigenvalue weighted by Crippen LogP contribution is -2.16. The first kappa shape index (κ1) is 10.5. The van der Waals surface area contributed by atoms with Gasteiger partial charge in [-0.15, -0.1) is 0 Å². The minimum absolute atomic E-state index is 0.00584. The number of esters is 1. The number of hydrogen-bond donors (Lipinski definition) is 1. The van der Waals surface area contributed by atoms with E-state index in [1.165, 1.54) is 7.11 Å². The van der Waals surface area contributed by atoms with Gasteiger partial charge in [-0.05, 0) is 19.3 Å². The van der Waals surface area contributed by atoms with Crippen LogP contribution in [0.25, 0.3) is 0 Å². The zero-order valence-corrected chi connectivity index (χ0v) is 7.86. The van der Waals surface area contributed by atoms with Crippen LogP contribution in [0.5, 0.6) is 0 Å². The molecule has 0 aromatic carbocycles. The molecule has 4 heteroatoms. The summed E-state index contributed by atoms with van der Waals surface area (Å²) in [7, 11) is 1.41. The van der Waals surface area contributed by atoms with Gasteiger partial charge in [0, 0.05) is 0 Å². The highest BCUT2D eigenvalue weighted by Crippen LogP contribution is 2.28. The van der Waals surface area contributed by atoms with E-state index in [4.69, 9.17) is 9.84 Å². The van der Waals surface area contributed by atoms with Gasteiger partial charge in [-0.2, -0.15) is 0 Å². The van der Waals surface area contributed by atoms with Gasteiger partial charge in [0.15, 0.2) is 0 Å². The number of carbonyl (C=O) groups excluding carboxylic acids is 1. The van der Waals surface area contributed by atoms with E-state index in [-0.39, 0.29) is 24.6 Å². The summed E-state index contributed by atoms with van der Waals surface area (Å²) in [5.74, 6) is -0.149. The molecule has 76 valence electrons. The Bertz CT molecular complexity index is 169. The van der Waals surface area contributed by atoms with Crippen LogP contribution in [0.2, 0.25) is 0 Å². The Kier molecular flexibility index (Phi) is 4.18. The largest absolute Gasteiger partial charge is 0.469 e. The smallest absolute Gasteiger partial charge is 0.308 e. The van der Waals surface area contributed by atoms with Crippen molar-refractivity contribution in [2.45, 2.75) is 25.4 Å². The van der Waals surface area contributed by atoms with Gasteiger partial charge in [0.25, 0.3) is 0 Å². The van der Waals surface area contributed by atoms with E-state index in [2.05, 4.69) is 4.74 Å². The van der Waals surface area contributed by atoms with E-state index < -0.39 is 0 Å². The Labute approximate surface area is 77.8 Å². The highest BCUT2D eigenvalue weighted by atomic mass is 16.5. The summed E-state index contributed by atoms with van der Waals surface area (Å²) < 4.78 is 9.96. The maximum Gasteiger partial charge on any atom is 0.308 e. The van der Waals surface area contributed by atoms with Crippen molar-refractivity contribution < 1.29 is 19.4 Å². The van der Waals surface area contributed by atoms with Crippen LogP contribution in [0.15, 0.2) is 0 Å². The number of hydrogen-bond acceptors (Lipinski definition) is 4. The molecule has 0 aliphatic heterocycles. The van der Waals surface area contributed by atoms with Crippen molar-refractivity contribution in [3.05, 3.63) is 0 Å². The van der Waals surface area contributed by atoms with Gasteiger partial charge in [-0.3, -0.25) is 4.79 Å². The van der Waals surface area contributed by atoms with Crippen LogP contribution in [0.1, 0.15) is 19.3 Å². The van der Waals surface area contributed by atoms with Crippen LogP contribution in [0.4, 0.5) is 0 Å². The third-order valence-corrected chi connectivity index (χ3v) is 2.36. The summed E-state index contributed by atoms with van der Waals surface area (Å²) in [6, 6.07) is 0. The van der Waals surface area contributed by atoms with E-state index in [0.717, 1.165) is 19.3 Å². The molecular formula is C9H16O4. The Morgan fingerprint density at radius 3 is 2.92 bits per heavy atom. The minimum Gasteiger partial charge on any atom is -0.469 e. The predicted molar refractivity (Wildman–Crippen MR) is 46.2 cm³/mol. The zero-order chi connectivity index (χ0) is 9.68. The summed E-state index contributed by atoms with van der Waals surface area (Å²) in [4.78, 5) is 11.1. The fourth-order valence-corrected chi connectivity index (χ4v) is 1.69. The van der Waals surface area contributed by atoms with Crippen molar-refractivity contribution >= 4 is 5.97 Å². The second kappa shape index (κ2) is 5.19. The third kappa shape index (κ3) is 2.97. The Balaban J connectivity index is 2.23. The second-order valence-corrected chi connectivity index (χ2v) is 3.25. The fraction of sp³-hybridized carbons (Fsp3) is 0.889. The van der Waals surface area contributed by atoms with Gasteiger partial charge in [0.1, 0.15) is 0 Å². The van der Waals surface area contributed by atoms with Crippen LogP contribution in [-0.4, -0.2) is 37.5 Å². The molecule has 2 unspecified atom stereocenters. The summed E-state index contributed by atoms with van der Waals surface area (Å²) in [5.41, 5.74) is 0. The number of rotatable bonds is 4. The molecular weight excluding hydrogens is 172 g/mol. The first-order valence-electron chi connectivity index (χ1n) is 4.58.